The van der Waals surface area contributed by atoms with E-state index in [1.54, 1.807) is 6.92 Å². The Labute approximate surface area is 126 Å². The molecule has 0 spiro atoms. The second-order valence-electron chi connectivity index (χ2n) is 6.64. The highest BCUT2D eigenvalue weighted by molar-refractivity contribution is 5.77. The van der Waals surface area contributed by atoms with Gasteiger partial charge in [0.05, 0.1) is 18.6 Å². The summed E-state index contributed by atoms with van der Waals surface area (Å²) in [5.41, 5.74) is -0.690. The van der Waals surface area contributed by atoms with Crippen LogP contribution in [0.1, 0.15) is 45.1 Å². The van der Waals surface area contributed by atoms with Crippen LogP contribution in [0.5, 0.6) is 0 Å². The van der Waals surface area contributed by atoms with Crippen LogP contribution in [0.4, 0.5) is 0 Å². The van der Waals surface area contributed by atoms with Crippen LogP contribution in [0.2, 0.25) is 0 Å². The smallest absolute Gasteiger partial charge is 0.223 e. The summed E-state index contributed by atoms with van der Waals surface area (Å²) >= 11 is 0. The van der Waals surface area contributed by atoms with Crippen LogP contribution in [-0.4, -0.2) is 28.8 Å². The summed E-state index contributed by atoms with van der Waals surface area (Å²) in [5, 5.41) is 23.0. The molecule has 1 aliphatic carbocycles. The zero-order valence-corrected chi connectivity index (χ0v) is 12.8. The van der Waals surface area contributed by atoms with Crippen LogP contribution < -0.4 is 5.32 Å². The van der Waals surface area contributed by atoms with Crippen molar-refractivity contribution in [2.24, 2.45) is 5.41 Å². The molecule has 3 N–H and O–H groups in total. The number of amides is 1. The molecule has 116 valence electrons. The van der Waals surface area contributed by atoms with Gasteiger partial charge in [-0.1, -0.05) is 43.7 Å². The third-order valence-corrected chi connectivity index (χ3v) is 4.68. The predicted molar refractivity (Wildman–Crippen MR) is 81.6 cm³/mol. The number of rotatable bonds is 5. The van der Waals surface area contributed by atoms with Crippen molar-refractivity contribution >= 4 is 5.91 Å². The second kappa shape index (κ2) is 6.16. The summed E-state index contributed by atoms with van der Waals surface area (Å²) < 4.78 is 0. The van der Waals surface area contributed by atoms with E-state index in [0.717, 1.165) is 24.8 Å². The fourth-order valence-corrected chi connectivity index (χ4v) is 3.13. The molecule has 0 aliphatic heterocycles. The molecule has 1 aliphatic rings. The van der Waals surface area contributed by atoms with Crippen LogP contribution in [0.15, 0.2) is 30.3 Å². The topological polar surface area (TPSA) is 69.6 Å². The third-order valence-electron chi connectivity index (χ3n) is 4.68. The molecule has 2 rings (SSSR count). The number of nitrogens with one attached hydrogen (secondary N) is 1. The van der Waals surface area contributed by atoms with Gasteiger partial charge < -0.3 is 15.5 Å². The fraction of sp³-hybridized carbons (Fsp3) is 0.588. The molecule has 1 saturated carbocycles. The first-order chi connectivity index (χ1) is 9.87. The van der Waals surface area contributed by atoms with Crippen molar-refractivity contribution in [1.29, 1.82) is 0 Å². The highest BCUT2D eigenvalue weighted by atomic mass is 16.3. The van der Waals surface area contributed by atoms with Crippen LogP contribution in [0, 0.1) is 5.41 Å². The molecule has 0 bridgehead atoms. The Morgan fingerprint density at radius 2 is 2.10 bits per heavy atom. The van der Waals surface area contributed by atoms with Gasteiger partial charge in [-0.05, 0) is 25.3 Å². The molecule has 0 radical (unpaired) electrons. The zero-order valence-electron chi connectivity index (χ0n) is 12.8. The van der Waals surface area contributed by atoms with E-state index in [0.29, 0.717) is 0 Å². The number of aliphatic hydroxyl groups excluding tert-OH is 1. The average molecular weight is 291 g/mol. The Hall–Kier alpha value is -1.39. The van der Waals surface area contributed by atoms with Gasteiger partial charge in [-0.25, -0.2) is 0 Å². The molecule has 4 heteroatoms. The van der Waals surface area contributed by atoms with Crippen LogP contribution in [-0.2, 0) is 10.4 Å². The Kier molecular flexibility index (Phi) is 4.69. The van der Waals surface area contributed by atoms with Crippen molar-refractivity contribution in [2.45, 2.75) is 51.2 Å². The average Bonchev–Trinajstić information content (AvgIpc) is 2.81. The first kappa shape index (κ1) is 16.0. The molecule has 1 fully saturated rings. The summed E-state index contributed by atoms with van der Waals surface area (Å²) in [4.78, 5) is 12.2. The minimum atomic E-state index is -1.18. The highest BCUT2D eigenvalue weighted by Crippen LogP contribution is 2.37. The monoisotopic (exact) mass is 291 g/mol. The van der Waals surface area contributed by atoms with E-state index in [-0.39, 0.29) is 30.4 Å². The maximum atomic E-state index is 12.2. The molecule has 4 nitrogen and oxygen atoms in total. The van der Waals surface area contributed by atoms with E-state index >= 15 is 0 Å². The number of hydrogen-bond donors (Lipinski definition) is 3. The van der Waals surface area contributed by atoms with Gasteiger partial charge in [0.1, 0.15) is 0 Å². The SMILES string of the molecule is CC(O)(CC(=O)NC1CCCC1(C)CO)c1ccccc1. The van der Waals surface area contributed by atoms with E-state index in [1.807, 2.05) is 37.3 Å². The maximum absolute atomic E-state index is 12.2. The summed E-state index contributed by atoms with van der Waals surface area (Å²) in [5.74, 6) is -0.171. The lowest BCUT2D eigenvalue weighted by molar-refractivity contribution is -0.127. The van der Waals surface area contributed by atoms with Gasteiger partial charge in [-0.3, -0.25) is 4.79 Å². The van der Waals surface area contributed by atoms with Crippen molar-refractivity contribution in [3.8, 4) is 0 Å². The van der Waals surface area contributed by atoms with Crippen LogP contribution in [0.3, 0.4) is 0 Å². The first-order valence-electron chi connectivity index (χ1n) is 7.55. The maximum Gasteiger partial charge on any atom is 0.223 e. The van der Waals surface area contributed by atoms with Gasteiger partial charge in [-0.15, -0.1) is 0 Å². The molecule has 3 atom stereocenters. The van der Waals surface area contributed by atoms with Gasteiger partial charge in [0.15, 0.2) is 0 Å². The molecule has 0 aromatic heterocycles. The lowest BCUT2D eigenvalue weighted by Gasteiger charge is -2.31. The summed E-state index contributed by atoms with van der Waals surface area (Å²) in [6.45, 7) is 3.73. The van der Waals surface area contributed by atoms with Crippen molar-refractivity contribution in [3.05, 3.63) is 35.9 Å². The fourth-order valence-electron chi connectivity index (χ4n) is 3.13. The first-order valence-corrected chi connectivity index (χ1v) is 7.55. The van der Waals surface area contributed by atoms with Gasteiger partial charge in [0, 0.05) is 11.5 Å². The summed E-state index contributed by atoms with van der Waals surface area (Å²) in [7, 11) is 0. The highest BCUT2D eigenvalue weighted by Gasteiger charge is 2.39. The number of carbonyl (C=O) groups is 1. The van der Waals surface area contributed by atoms with E-state index < -0.39 is 5.60 Å². The van der Waals surface area contributed by atoms with Gasteiger partial charge in [0.2, 0.25) is 5.91 Å². The number of hydrogen-bond acceptors (Lipinski definition) is 3. The number of benzene rings is 1. The molecule has 1 amide bonds. The van der Waals surface area contributed by atoms with E-state index in [2.05, 4.69) is 5.32 Å². The largest absolute Gasteiger partial charge is 0.396 e. The Morgan fingerprint density at radius 1 is 1.43 bits per heavy atom. The Bertz CT molecular complexity index is 486. The molecule has 3 unspecified atom stereocenters. The predicted octanol–water partition coefficient (Wildman–Crippen LogP) is 1.95. The molecule has 1 aromatic rings. The van der Waals surface area contributed by atoms with Crippen LogP contribution >= 0.6 is 0 Å². The third kappa shape index (κ3) is 3.63. The van der Waals surface area contributed by atoms with E-state index in [1.165, 1.54) is 0 Å². The molecule has 1 aromatic carbocycles. The van der Waals surface area contributed by atoms with Gasteiger partial charge >= 0.3 is 0 Å². The van der Waals surface area contributed by atoms with Crippen molar-refractivity contribution in [1.82, 2.24) is 5.32 Å². The number of aliphatic hydroxyl groups is 2. The zero-order chi connectivity index (χ0) is 15.5. The minimum absolute atomic E-state index is 0.0124. The van der Waals surface area contributed by atoms with Crippen LogP contribution in [0.25, 0.3) is 0 Å². The second-order valence-corrected chi connectivity index (χ2v) is 6.64. The molecule has 21 heavy (non-hydrogen) atoms. The van der Waals surface area contributed by atoms with Gasteiger partial charge in [-0.2, -0.15) is 0 Å². The summed E-state index contributed by atoms with van der Waals surface area (Å²) in [6.07, 6.45) is 2.84. The standard InChI is InChI=1S/C17H25NO3/c1-16(12-19)10-6-9-14(16)18-15(20)11-17(2,21)13-7-4-3-5-8-13/h3-5,7-8,14,19,21H,6,9-12H2,1-2H3,(H,18,20). The minimum Gasteiger partial charge on any atom is -0.396 e. The number of carbonyl (C=O) groups excluding carboxylic acids is 1. The Balaban J connectivity index is 1.99. The van der Waals surface area contributed by atoms with E-state index in [4.69, 9.17) is 0 Å². The molecule has 0 saturated heterocycles. The molecular weight excluding hydrogens is 266 g/mol. The molecular formula is C17H25NO3. The van der Waals surface area contributed by atoms with Crippen molar-refractivity contribution in [3.63, 3.8) is 0 Å². The lowest BCUT2D eigenvalue weighted by atomic mass is 9.85. The van der Waals surface area contributed by atoms with Gasteiger partial charge in [0.25, 0.3) is 0 Å². The summed E-state index contributed by atoms with van der Waals surface area (Å²) in [6, 6.07) is 9.21. The normalized spacial score (nSPS) is 28.1. The quantitative estimate of drug-likeness (QED) is 0.776. The van der Waals surface area contributed by atoms with E-state index in [9.17, 15) is 15.0 Å². The lowest BCUT2D eigenvalue weighted by Crippen LogP contribution is -2.46. The Morgan fingerprint density at radius 3 is 2.71 bits per heavy atom. The molecule has 0 heterocycles. The van der Waals surface area contributed by atoms with Crippen molar-refractivity contribution < 1.29 is 15.0 Å². The van der Waals surface area contributed by atoms with Crippen molar-refractivity contribution in [2.75, 3.05) is 6.61 Å².